The number of imidazole rings is 1. The van der Waals surface area contributed by atoms with E-state index in [1.807, 2.05) is 6.92 Å². The summed E-state index contributed by atoms with van der Waals surface area (Å²) >= 11 is 3.50. The normalized spacial score (nSPS) is 11.3. The molecule has 0 aromatic carbocycles. The number of fused-ring (bicyclic) bond motifs is 1. The van der Waals surface area contributed by atoms with Crippen molar-refractivity contribution in [2.45, 2.75) is 20.4 Å². The van der Waals surface area contributed by atoms with Crippen LogP contribution < -0.4 is 0 Å². The van der Waals surface area contributed by atoms with Crippen LogP contribution in [0.2, 0.25) is 0 Å². The summed E-state index contributed by atoms with van der Waals surface area (Å²) in [6, 6.07) is 0. The van der Waals surface area contributed by atoms with Crippen molar-refractivity contribution in [2.75, 3.05) is 0 Å². The molecule has 0 radical (unpaired) electrons. The quantitative estimate of drug-likeness (QED) is 0.727. The fourth-order valence-electron chi connectivity index (χ4n) is 1.97. The maximum absolute atomic E-state index is 4.74. The summed E-state index contributed by atoms with van der Waals surface area (Å²) in [5.74, 6) is 0.750. The molecular formula is C11H10BrN5O. The van der Waals surface area contributed by atoms with E-state index in [1.54, 1.807) is 12.4 Å². The van der Waals surface area contributed by atoms with E-state index in [1.165, 1.54) is 0 Å². The summed E-state index contributed by atoms with van der Waals surface area (Å²) < 4.78 is 7.72. The molecule has 0 unspecified atom stereocenters. The first-order valence-electron chi connectivity index (χ1n) is 5.51. The van der Waals surface area contributed by atoms with Crippen LogP contribution in [-0.4, -0.2) is 24.8 Å². The van der Waals surface area contributed by atoms with E-state index < -0.39 is 0 Å². The third-order valence-corrected chi connectivity index (χ3v) is 3.37. The van der Waals surface area contributed by atoms with Gasteiger partial charge in [-0.25, -0.2) is 9.61 Å². The van der Waals surface area contributed by atoms with Gasteiger partial charge in [-0.15, -0.1) is 0 Å². The molecule has 3 heterocycles. The minimum absolute atomic E-state index is 0.667. The molecule has 6 nitrogen and oxygen atoms in total. The lowest BCUT2D eigenvalue weighted by Crippen LogP contribution is -1.99. The molecular weight excluding hydrogens is 298 g/mol. The molecule has 18 heavy (non-hydrogen) atoms. The Balaban J connectivity index is 2.37. The van der Waals surface area contributed by atoms with E-state index >= 15 is 0 Å². The molecule has 3 aromatic heterocycles. The molecule has 0 saturated heterocycles. The SMILES string of the molecule is CCn1c(-c2nonc2C)nc2cncc(Br)c21. The third-order valence-electron chi connectivity index (χ3n) is 2.79. The zero-order valence-corrected chi connectivity index (χ0v) is 11.5. The van der Waals surface area contributed by atoms with Crippen molar-refractivity contribution in [3.63, 3.8) is 0 Å². The van der Waals surface area contributed by atoms with Crippen molar-refractivity contribution in [1.82, 2.24) is 24.8 Å². The van der Waals surface area contributed by atoms with Gasteiger partial charge < -0.3 is 4.57 Å². The van der Waals surface area contributed by atoms with Gasteiger partial charge in [0.2, 0.25) is 0 Å². The molecule has 0 fully saturated rings. The van der Waals surface area contributed by atoms with E-state index in [2.05, 4.69) is 47.7 Å². The summed E-state index contributed by atoms with van der Waals surface area (Å²) in [6.45, 7) is 4.68. The van der Waals surface area contributed by atoms with Crippen molar-refractivity contribution >= 4 is 27.0 Å². The van der Waals surface area contributed by atoms with Crippen LogP contribution in [0.1, 0.15) is 12.6 Å². The fourth-order valence-corrected chi connectivity index (χ4v) is 2.51. The molecule has 0 bridgehead atoms. The molecule has 3 aromatic rings. The van der Waals surface area contributed by atoms with Crippen LogP contribution in [0.15, 0.2) is 21.5 Å². The fraction of sp³-hybridized carbons (Fsp3) is 0.273. The van der Waals surface area contributed by atoms with Crippen LogP contribution in [0.5, 0.6) is 0 Å². The zero-order valence-electron chi connectivity index (χ0n) is 9.88. The van der Waals surface area contributed by atoms with Crippen molar-refractivity contribution < 1.29 is 4.63 Å². The van der Waals surface area contributed by atoms with E-state index in [0.29, 0.717) is 5.69 Å². The molecule has 3 rings (SSSR count). The van der Waals surface area contributed by atoms with E-state index in [0.717, 1.165) is 33.6 Å². The predicted molar refractivity (Wildman–Crippen MR) is 68.9 cm³/mol. The monoisotopic (exact) mass is 307 g/mol. The maximum Gasteiger partial charge on any atom is 0.173 e. The summed E-state index contributed by atoms with van der Waals surface area (Å²) in [6.07, 6.45) is 3.49. The van der Waals surface area contributed by atoms with Gasteiger partial charge in [-0.2, -0.15) is 0 Å². The smallest absolute Gasteiger partial charge is 0.173 e. The molecule has 0 amide bonds. The van der Waals surface area contributed by atoms with Crippen LogP contribution in [-0.2, 0) is 6.54 Å². The lowest BCUT2D eigenvalue weighted by atomic mass is 10.3. The number of aromatic nitrogens is 5. The van der Waals surface area contributed by atoms with Gasteiger partial charge in [-0.3, -0.25) is 4.98 Å². The second-order valence-corrected chi connectivity index (χ2v) is 4.72. The summed E-state index contributed by atoms with van der Waals surface area (Å²) in [5, 5.41) is 7.71. The molecule has 0 spiro atoms. The second kappa shape index (κ2) is 4.16. The van der Waals surface area contributed by atoms with Crippen LogP contribution in [0.25, 0.3) is 22.6 Å². The Morgan fingerprint density at radius 2 is 2.17 bits per heavy atom. The summed E-state index contributed by atoms with van der Waals surface area (Å²) in [4.78, 5) is 8.68. The molecule has 92 valence electrons. The lowest BCUT2D eigenvalue weighted by molar-refractivity contribution is 0.305. The Morgan fingerprint density at radius 3 is 2.83 bits per heavy atom. The van der Waals surface area contributed by atoms with Gasteiger partial charge in [0.25, 0.3) is 0 Å². The number of rotatable bonds is 2. The number of hydrogen-bond donors (Lipinski definition) is 0. The van der Waals surface area contributed by atoms with Crippen LogP contribution in [0, 0.1) is 6.92 Å². The van der Waals surface area contributed by atoms with Crippen molar-refractivity contribution in [3.05, 3.63) is 22.6 Å². The number of halogens is 1. The predicted octanol–water partition coefficient (Wildman–Crippen LogP) is 2.57. The summed E-state index contributed by atoms with van der Waals surface area (Å²) in [7, 11) is 0. The molecule has 0 saturated carbocycles. The van der Waals surface area contributed by atoms with Gasteiger partial charge in [0, 0.05) is 12.7 Å². The average Bonchev–Trinajstić information content (AvgIpc) is 2.92. The third kappa shape index (κ3) is 1.54. The Hall–Kier alpha value is -1.76. The Morgan fingerprint density at radius 1 is 1.33 bits per heavy atom. The topological polar surface area (TPSA) is 69.6 Å². The van der Waals surface area contributed by atoms with E-state index in [9.17, 15) is 0 Å². The highest BCUT2D eigenvalue weighted by Crippen LogP contribution is 2.29. The van der Waals surface area contributed by atoms with E-state index in [4.69, 9.17) is 4.63 Å². The number of nitrogens with zero attached hydrogens (tertiary/aromatic N) is 5. The minimum atomic E-state index is 0.667. The minimum Gasteiger partial charge on any atom is -0.322 e. The average molecular weight is 308 g/mol. The van der Waals surface area contributed by atoms with Crippen LogP contribution in [0.3, 0.4) is 0 Å². The zero-order chi connectivity index (χ0) is 12.7. The Bertz CT molecular complexity index is 717. The number of aryl methyl sites for hydroxylation is 2. The largest absolute Gasteiger partial charge is 0.322 e. The standard InChI is InChI=1S/C11H10BrN5O/c1-3-17-10-7(12)4-13-5-8(10)14-11(17)9-6(2)15-18-16-9/h4-5H,3H2,1-2H3. The van der Waals surface area contributed by atoms with Crippen LogP contribution in [0.4, 0.5) is 0 Å². The number of pyridine rings is 1. The van der Waals surface area contributed by atoms with Crippen molar-refractivity contribution in [1.29, 1.82) is 0 Å². The van der Waals surface area contributed by atoms with Gasteiger partial charge >= 0.3 is 0 Å². The maximum atomic E-state index is 4.74. The lowest BCUT2D eigenvalue weighted by Gasteiger charge is -2.04. The first kappa shape index (κ1) is 11.3. The highest BCUT2D eigenvalue weighted by atomic mass is 79.9. The molecule has 7 heteroatoms. The van der Waals surface area contributed by atoms with E-state index in [-0.39, 0.29) is 0 Å². The second-order valence-electron chi connectivity index (χ2n) is 3.87. The Labute approximate surface area is 111 Å². The van der Waals surface area contributed by atoms with Crippen molar-refractivity contribution in [2.24, 2.45) is 0 Å². The summed E-state index contributed by atoms with van der Waals surface area (Å²) in [5.41, 5.74) is 3.22. The van der Waals surface area contributed by atoms with Gasteiger partial charge in [0.05, 0.1) is 16.2 Å². The van der Waals surface area contributed by atoms with Gasteiger partial charge in [0.15, 0.2) is 11.5 Å². The molecule has 0 N–H and O–H groups in total. The van der Waals surface area contributed by atoms with Crippen molar-refractivity contribution in [3.8, 4) is 11.5 Å². The molecule has 0 aliphatic heterocycles. The first-order valence-corrected chi connectivity index (χ1v) is 6.31. The number of hydrogen-bond acceptors (Lipinski definition) is 5. The van der Waals surface area contributed by atoms with Crippen LogP contribution >= 0.6 is 15.9 Å². The van der Waals surface area contributed by atoms with Gasteiger partial charge in [0.1, 0.15) is 11.2 Å². The molecule has 0 atom stereocenters. The van der Waals surface area contributed by atoms with Gasteiger partial charge in [-0.05, 0) is 34.9 Å². The highest BCUT2D eigenvalue weighted by molar-refractivity contribution is 9.10. The first-order chi connectivity index (χ1) is 8.72. The van der Waals surface area contributed by atoms with Gasteiger partial charge in [-0.1, -0.05) is 5.16 Å². The molecule has 0 aliphatic rings. The molecule has 0 aliphatic carbocycles. The highest BCUT2D eigenvalue weighted by Gasteiger charge is 2.18. The Kier molecular flexibility index (Phi) is 2.62.